The van der Waals surface area contributed by atoms with Crippen LogP contribution in [-0.2, 0) is 0 Å². The van der Waals surface area contributed by atoms with Crippen LogP contribution in [0.15, 0.2) is 16.7 Å². The summed E-state index contributed by atoms with van der Waals surface area (Å²) in [7, 11) is 0. The van der Waals surface area contributed by atoms with E-state index in [1.54, 1.807) is 11.3 Å². The molecule has 2 heterocycles. The normalized spacial score (nSPS) is 12.3. The smallest absolute Gasteiger partial charge is 0.259 e. The van der Waals surface area contributed by atoms with E-state index < -0.39 is 0 Å². The van der Waals surface area contributed by atoms with Crippen molar-refractivity contribution in [3.8, 4) is 10.6 Å². The van der Waals surface area contributed by atoms with Crippen LogP contribution < -0.4 is 11.1 Å². The molecule has 1 unspecified atom stereocenters. The van der Waals surface area contributed by atoms with E-state index in [4.69, 9.17) is 10.3 Å². The predicted molar refractivity (Wildman–Crippen MR) is 80.8 cm³/mol. The Morgan fingerprint density at radius 3 is 2.90 bits per heavy atom. The van der Waals surface area contributed by atoms with Crippen molar-refractivity contribution in [2.24, 2.45) is 0 Å². The Labute approximate surface area is 122 Å². The number of carbonyl (C=O) groups is 1. The molecule has 6 heteroatoms. The molecule has 0 aliphatic carbocycles. The van der Waals surface area contributed by atoms with E-state index in [1.165, 1.54) is 0 Å². The number of aromatic nitrogens is 1. The van der Waals surface area contributed by atoms with Gasteiger partial charge in [-0.3, -0.25) is 4.79 Å². The molecule has 3 N–H and O–H groups in total. The van der Waals surface area contributed by atoms with Crippen molar-refractivity contribution in [3.63, 3.8) is 0 Å². The molecule has 0 radical (unpaired) electrons. The number of nitrogens with zero attached hydrogens (tertiary/aromatic N) is 1. The lowest BCUT2D eigenvalue weighted by Crippen LogP contribution is -2.32. The van der Waals surface area contributed by atoms with Gasteiger partial charge in [0.15, 0.2) is 0 Å². The highest BCUT2D eigenvalue weighted by molar-refractivity contribution is 7.15. The van der Waals surface area contributed by atoms with Crippen LogP contribution in [0.3, 0.4) is 0 Å². The van der Waals surface area contributed by atoms with Crippen LogP contribution >= 0.6 is 11.3 Å². The second-order valence-corrected chi connectivity index (χ2v) is 6.13. The molecule has 108 valence electrons. The molecule has 0 saturated carbocycles. The molecule has 0 saturated heterocycles. The maximum absolute atomic E-state index is 12.3. The van der Waals surface area contributed by atoms with E-state index >= 15 is 0 Å². The highest BCUT2D eigenvalue weighted by Gasteiger charge is 2.24. The average Bonchev–Trinajstić information content (AvgIpc) is 2.95. The van der Waals surface area contributed by atoms with Crippen LogP contribution in [0, 0.1) is 6.92 Å². The largest absolute Gasteiger partial charge is 0.367 e. The number of hydrogen-bond donors (Lipinski definition) is 2. The molecule has 2 aromatic rings. The summed E-state index contributed by atoms with van der Waals surface area (Å²) in [6.07, 6.45) is 1.93. The number of thiophene rings is 1. The zero-order valence-corrected chi connectivity index (χ0v) is 12.7. The summed E-state index contributed by atoms with van der Waals surface area (Å²) in [6.45, 7) is 6.05. The number of aryl methyl sites for hydroxylation is 1. The third-order valence-corrected chi connectivity index (χ3v) is 4.03. The molecule has 2 aromatic heterocycles. The summed E-state index contributed by atoms with van der Waals surface area (Å²) in [4.78, 5) is 14.4. The molecule has 1 amide bonds. The fourth-order valence-corrected chi connectivity index (χ4v) is 2.91. The van der Waals surface area contributed by atoms with Gasteiger partial charge in [-0.2, -0.15) is 0 Å². The van der Waals surface area contributed by atoms with Crippen molar-refractivity contribution < 1.29 is 9.32 Å². The molecule has 0 aliphatic rings. The number of hydrogen-bond acceptors (Lipinski definition) is 5. The number of nitrogens with one attached hydrogen (secondary N) is 1. The van der Waals surface area contributed by atoms with Gasteiger partial charge in [-0.1, -0.05) is 18.5 Å². The Balaban J connectivity index is 2.27. The number of amides is 1. The summed E-state index contributed by atoms with van der Waals surface area (Å²) >= 11 is 1.56. The standard InChI is InChI=1S/C14H19N3O2S/c1-4-5-8(2)16-14(18)11-12(17-19-13(11)15)10-7-6-9(3)20-10/h6-8H,4-5,15H2,1-3H3,(H,16,18). The molecule has 0 fully saturated rings. The SMILES string of the molecule is CCCC(C)NC(=O)c1c(-c2ccc(C)s2)noc1N. The van der Waals surface area contributed by atoms with Crippen LogP contribution in [-0.4, -0.2) is 17.1 Å². The Kier molecular flexibility index (Phi) is 4.44. The minimum atomic E-state index is -0.231. The van der Waals surface area contributed by atoms with E-state index in [1.807, 2.05) is 26.0 Å². The molecule has 0 aromatic carbocycles. The average molecular weight is 293 g/mol. The Morgan fingerprint density at radius 1 is 1.55 bits per heavy atom. The zero-order chi connectivity index (χ0) is 14.7. The molecule has 0 spiro atoms. The molecule has 0 bridgehead atoms. The maximum Gasteiger partial charge on any atom is 0.259 e. The summed E-state index contributed by atoms with van der Waals surface area (Å²) in [5.41, 5.74) is 6.59. The lowest BCUT2D eigenvalue weighted by Gasteiger charge is -2.12. The Hall–Kier alpha value is -1.82. The van der Waals surface area contributed by atoms with Gasteiger partial charge in [0.1, 0.15) is 11.3 Å². The van der Waals surface area contributed by atoms with E-state index in [2.05, 4.69) is 17.4 Å². The zero-order valence-electron chi connectivity index (χ0n) is 11.9. The first-order chi connectivity index (χ1) is 9.52. The maximum atomic E-state index is 12.3. The number of nitrogens with two attached hydrogens (primary N) is 1. The van der Waals surface area contributed by atoms with Crippen molar-refractivity contribution in [1.82, 2.24) is 10.5 Å². The van der Waals surface area contributed by atoms with Gasteiger partial charge in [-0.25, -0.2) is 0 Å². The van der Waals surface area contributed by atoms with Crippen molar-refractivity contribution in [3.05, 3.63) is 22.6 Å². The second-order valence-electron chi connectivity index (χ2n) is 4.84. The lowest BCUT2D eigenvalue weighted by molar-refractivity contribution is 0.0939. The topological polar surface area (TPSA) is 81.2 Å². The van der Waals surface area contributed by atoms with E-state index in [-0.39, 0.29) is 17.8 Å². The van der Waals surface area contributed by atoms with E-state index in [0.29, 0.717) is 11.3 Å². The summed E-state index contributed by atoms with van der Waals surface area (Å²) in [6, 6.07) is 4.00. The summed E-state index contributed by atoms with van der Waals surface area (Å²) < 4.78 is 5.00. The van der Waals surface area contributed by atoms with Gasteiger partial charge >= 0.3 is 0 Å². The van der Waals surface area contributed by atoms with Crippen LogP contribution in [0.4, 0.5) is 5.88 Å². The van der Waals surface area contributed by atoms with Crippen molar-refractivity contribution >= 4 is 23.1 Å². The van der Waals surface area contributed by atoms with Crippen LogP contribution in [0.25, 0.3) is 10.6 Å². The third kappa shape index (κ3) is 3.01. The Morgan fingerprint density at radius 2 is 2.30 bits per heavy atom. The first-order valence-corrected chi connectivity index (χ1v) is 7.47. The molecule has 20 heavy (non-hydrogen) atoms. The van der Waals surface area contributed by atoms with E-state index in [0.717, 1.165) is 22.6 Å². The predicted octanol–water partition coefficient (Wildman–Crippen LogP) is 3.21. The third-order valence-electron chi connectivity index (χ3n) is 3.02. The van der Waals surface area contributed by atoms with Crippen LogP contribution in [0.5, 0.6) is 0 Å². The monoisotopic (exact) mass is 293 g/mol. The molecule has 0 aliphatic heterocycles. The highest BCUT2D eigenvalue weighted by atomic mass is 32.1. The molecule has 5 nitrogen and oxygen atoms in total. The molecular formula is C14H19N3O2S. The quantitative estimate of drug-likeness (QED) is 0.887. The van der Waals surface area contributed by atoms with Gasteiger partial charge < -0.3 is 15.6 Å². The highest BCUT2D eigenvalue weighted by Crippen LogP contribution is 2.32. The van der Waals surface area contributed by atoms with Crippen molar-refractivity contribution in [2.75, 3.05) is 5.73 Å². The number of nitrogen functional groups attached to an aromatic ring is 1. The fraction of sp³-hybridized carbons (Fsp3) is 0.429. The van der Waals surface area contributed by atoms with Gasteiger partial charge in [0.2, 0.25) is 5.88 Å². The van der Waals surface area contributed by atoms with Crippen LogP contribution in [0.2, 0.25) is 0 Å². The summed E-state index contributed by atoms with van der Waals surface area (Å²) in [5, 5.41) is 6.85. The van der Waals surface area contributed by atoms with Gasteiger partial charge in [-0.15, -0.1) is 11.3 Å². The first kappa shape index (κ1) is 14.6. The molecular weight excluding hydrogens is 274 g/mol. The first-order valence-electron chi connectivity index (χ1n) is 6.65. The number of carbonyl (C=O) groups excluding carboxylic acids is 1. The minimum absolute atomic E-state index is 0.0623. The van der Waals surface area contributed by atoms with Gasteiger partial charge in [0, 0.05) is 10.9 Å². The number of anilines is 1. The Bertz CT molecular complexity index is 603. The van der Waals surface area contributed by atoms with Gasteiger partial charge in [0.25, 0.3) is 5.91 Å². The van der Waals surface area contributed by atoms with E-state index in [9.17, 15) is 4.79 Å². The van der Waals surface area contributed by atoms with Crippen LogP contribution in [0.1, 0.15) is 41.9 Å². The van der Waals surface area contributed by atoms with Crippen molar-refractivity contribution in [2.45, 2.75) is 39.7 Å². The number of rotatable bonds is 5. The second kappa shape index (κ2) is 6.09. The van der Waals surface area contributed by atoms with Gasteiger partial charge in [0.05, 0.1) is 4.88 Å². The molecule has 1 atom stereocenters. The minimum Gasteiger partial charge on any atom is -0.367 e. The van der Waals surface area contributed by atoms with Gasteiger partial charge in [-0.05, 0) is 32.4 Å². The molecule has 2 rings (SSSR count). The summed E-state index contributed by atoms with van der Waals surface area (Å²) in [5.74, 6) is -0.169. The fourth-order valence-electron chi connectivity index (χ4n) is 2.05. The van der Waals surface area contributed by atoms with Crippen molar-refractivity contribution in [1.29, 1.82) is 0 Å². The lowest BCUT2D eigenvalue weighted by atomic mass is 10.1.